The van der Waals surface area contributed by atoms with Gasteiger partial charge in [-0.2, -0.15) is 0 Å². The Morgan fingerprint density at radius 2 is 0.537 bits per heavy atom. The lowest BCUT2D eigenvalue weighted by atomic mass is 9.99. The Balaban J connectivity index is 5.18. The molecule has 0 saturated carbocycles. The highest BCUT2D eigenvalue weighted by molar-refractivity contribution is 7.47. The first-order valence-electron chi connectivity index (χ1n) is 39.4. The molecule has 4 unspecified atom stereocenters. The Hall–Kier alpha value is -1.94. The number of carbonyl (C=O) groups excluding carboxylic acids is 4. The van der Waals surface area contributed by atoms with Gasteiger partial charge in [0.15, 0.2) is 12.2 Å². The van der Waals surface area contributed by atoms with Gasteiger partial charge in [0.2, 0.25) is 0 Å². The number of hydrogen-bond acceptors (Lipinski definition) is 15. The van der Waals surface area contributed by atoms with Gasteiger partial charge in [0, 0.05) is 25.7 Å². The summed E-state index contributed by atoms with van der Waals surface area (Å²) in [6, 6.07) is 0. The van der Waals surface area contributed by atoms with E-state index in [9.17, 15) is 43.2 Å². The largest absolute Gasteiger partial charge is 0.472 e. The van der Waals surface area contributed by atoms with E-state index in [4.69, 9.17) is 37.0 Å². The minimum absolute atomic E-state index is 0.106. The van der Waals surface area contributed by atoms with E-state index in [1.165, 1.54) is 193 Å². The zero-order chi connectivity index (χ0) is 70.1. The molecule has 0 bridgehead atoms. The van der Waals surface area contributed by atoms with Crippen LogP contribution < -0.4 is 0 Å². The predicted octanol–water partition coefficient (Wildman–Crippen LogP) is 22.2. The van der Waals surface area contributed by atoms with Crippen molar-refractivity contribution in [1.82, 2.24) is 0 Å². The number of aliphatic hydroxyl groups is 1. The summed E-state index contributed by atoms with van der Waals surface area (Å²) in [6.45, 7) is 11.9. The standard InChI is InChI=1S/C76H148O17P2/c1-8-11-12-13-14-15-24-28-37-45-52-59-75(80)93-72(64-87-74(79)58-51-44-39-32-33-40-47-54-67(4)5)66-91-95(84,85)89-62-70(77)61-88-94(82,83)90-65-71(63-86-73(78)57-50-43-36-31-30-35-42-49-56-69(7)10-3)92-76(81)60-53-46-38-29-26-23-21-19-17-16-18-20-22-25-27-34-41-48-55-68(6)9-2/h67-72,77H,8-66H2,1-7H3,(H,82,83)(H,84,85)/t68?,69?,70-,71-,72-/m1/s1. The lowest BCUT2D eigenvalue weighted by molar-refractivity contribution is -0.161. The quantitative estimate of drug-likeness (QED) is 0.0222. The lowest BCUT2D eigenvalue weighted by Gasteiger charge is -2.21. The van der Waals surface area contributed by atoms with Crippen LogP contribution in [0, 0.1) is 17.8 Å². The highest BCUT2D eigenvalue weighted by Gasteiger charge is 2.30. The molecule has 0 spiro atoms. The van der Waals surface area contributed by atoms with Crippen molar-refractivity contribution in [2.24, 2.45) is 17.8 Å². The second-order valence-corrected chi connectivity index (χ2v) is 31.3. The zero-order valence-corrected chi connectivity index (χ0v) is 63.9. The highest BCUT2D eigenvalue weighted by atomic mass is 31.2. The molecule has 0 radical (unpaired) electrons. The fraction of sp³-hybridized carbons (Fsp3) is 0.947. The fourth-order valence-electron chi connectivity index (χ4n) is 11.5. The molecule has 0 saturated heterocycles. The maximum atomic E-state index is 13.1. The first-order valence-corrected chi connectivity index (χ1v) is 42.4. The van der Waals surface area contributed by atoms with E-state index in [2.05, 4.69) is 48.5 Å². The maximum Gasteiger partial charge on any atom is 0.472 e. The molecule has 19 heteroatoms. The van der Waals surface area contributed by atoms with Crippen molar-refractivity contribution >= 4 is 39.5 Å². The van der Waals surface area contributed by atoms with Crippen LogP contribution in [0.15, 0.2) is 0 Å². The number of phosphoric acid groups is 2. The Bertz CT molecular complexity index is 1860. The molecule has 0 rings (SSSR count). The molecule has 0 aliphatic rings. The number of unbranched alkanes of at least 4 members (excludes halogenated alkanes) is 40. The topological polar surface area (TPSA) is 237 Å². The maximum absolute atomic E-state index is 13.1. The third-order valence-electron chi connectivity index (χ3n) is 18.4. The molecule has 0 aliphatic heterocycles. The predicted molar refractivity (Wildman–Crippen MR) is 386 cm³/mol. The van der Waals surface area contributed by atoms with Gasteiger partial charge >= 0.3 is 39.5 Å². The van der Waals surface area contributed by atoms with E-state index >= 15 is 0 Å². The summed E-state index contributed by atoms with van der Waals surface area (Å²) in [6.07, 6.45) is 52.8. The van der Waals surface area contributed by atoms with E-state index in [0.717, 1.165) is 108 Å². The van der Waals surface area contributed by atoms with E-state index in [-0.39, 0.29) is 25.7 Å². The van der Waals surface area contributed by atoms with Gasteiger partial charge in [-0.1, -0.05) is 337 Å². The summed E-state index contributed by atoms with van der Waals surface area (Å²) < 4.78 is 68.4. The van der Waals surface area contributed by atoms with Crippen LogP contribution in [0.3, 0.4) is 0 Å². The van der Waals surface area contributed by atoms with E-state index in [1.54, 1.807) is 0 Å². The normalized spacial score (nSPS) is 14.6. The number of hydrogen-bond donors (Lipinski definition) is 3. The van der Waals surface area contributed by atoms with Crippen LogP contribution >= 0.6 is 15.6 Å². The molecule has 95 heavy (non-hydrogen) atoms. The van der Waals surface area contributed by atoms with Crippen molar-refractivity contribution in [3.63, 3.8) is 0 Å². The van der Waals surface area contributed by atoms with Crippen molar-refractivity contribution < 1.29 is 80.2 Å². The van der Waals surface area contributed by atoms with Crippen molar-refractivity contribution in [3.05, 3.63) is 0 Å². The molecule has 7 atom stereocenters. The number of ether oxygens (including phenoxy) is 4. The summed E-state index contributed by atoms with van der Waals surface area (Å²) in [5.74, 6) is 0.234. The highest BCUT2D eigenvalue weighted by Crippen LogP contribution is 2.45. The number of rotatable bonds is 74. The van der Waals surface area contributed by atoms with Gasteiger partial charge < -0.3 is 33.8 Å². The summed E-state index contributed by atoms with van der Waals surface area (Å²) >= 11 is 0. The molecule has 0 fully saturated rings. The van der Waals surface area contributed by atoms with Gasteiger partial charge in [0.1, 0.15) is 19.3 Å². The Morgan fingerprint density at radius 1 is 0.305 bits per heavy atom. The van der Waals surface area contributed by atoms with Crippen LogP contribution in [0.2, 0.25) is 0 Å². The third-order valence-corrected chi connectivity index (χ3v) is 20.3. The molecule has 0 heterocycles. The van der Waals surface area contributed by atoms with Crippen molar-refractivity contribution in [3.8, 4) is 0 Å². The first-order chi connectivity index (χ1) is 45.8. The zero-order valence-electron chi connectivity index (χ0n) is 62.1. The monoisotopic (exact) mass is 1400 g/mol. The summed E-state index contributed by atoms with van der Waals surface area (Å²) in [7, 11) is -9.91. The van der Waals surface area contributed by atoms with Gasteiger partial charge in [-0.05, 0) is 43.4 Å². The minimum atomic E-state index is -4.96. The van der Waals surface area contributed by atoms with Crippen molar-refractivity contribution in [1.29, 1.82) is 0 Å². The van der Waals surface area contributed by atoms with Crippen molar-refractivity contribution in [2.75, 3.05) is 39.6 Å². The molecule has 3 N–H and O–H groups in total. The average Bonchev–Trinajstić information content (AvgIpc) is 1.50. The van der Waals surface area contributed by atoms with Gasteiger partial charge in [-0.25, -0.2) is 9.13 Å². The molecule has 0 aliphatic carbocycles. The lowest BCUT2D eigenvalue weighted by Crippen LogP contribution is -2.30. The van der Waals surface area contributed by atoms with Crippen LogP contribution in [0.4, 0.5) is 0 Å². The van der Waals surface area contributed by atoms with Gasteiger partial charge in [-0.3, -0.25) is 37.3 Å². The van der Waals surface area contributed by atoms with Crippen LogP contribution in [0.5, 0.6) is 0 Å². The average molecular weight is 1400 g/mol. The Morgan fingerprint density at radius 3 is 0.800 bits per heavy atom. The Labute approximate surface area is 581 Å². The van der Waals surface area contributed by atoms with Gasteiger partial charge in [0.05, 0.1) is 26.4 Å². The molecule has 0 aromatic carbocycles. The minimum Gasteiger partial charge on any atom is -0.462 e. The summed E-state index contributed by atoms with van der Waals surface area (Å²) in [5, 5.41) is 10.6. The smallest absolute Gasteiger partial charge is 0.462 e. The van der Waals surface area contributed by atoms with E-state index < -0.39 is 97.5 Å². The van der Waals surface area contributed by atoms with Crippen LogP contribution in [0.1, 0.15) is 389 Å². The molecule has 0 aromatic rings. The van der Waals surface area contributed by atoms with Crippen LogP contribution in [0.25, 0.3) is 0 Å². The first kappa shape index (κ1) is 93.1. The molecule has 564 valence electrons. The summed E-state index contributed by atoms with van der Waals surface area (Å²) in [4.78, 5) is 72.7. The molecule has 0 aromatic heterocycles. The van der Waals surface area contributed by atoms with E-state index in [1.807, 2.05) is 0 Å². The number of phosphoric ester groups is 2. The van der Waals surface area contributed by atoms with Crippen molar-refractivity contribution in [2.45, 2.75) is 407 Å². The molecule has 0 amide bonds. The fourth-order valence-corrected chi connectivity index (χ4v) is 13.1. The molecular formula is C76H148O17P2. The number of aliphatic hydroxyl groups excluding tert-OH is 1. The number of carbonyl (C=O) groups is 4. The van der Waals surface area contributed by atoms with Gasteiger partial charge in [0.25, 0.3) is 0 Å². The third kappa shape index (κ3) is 67.6. The van der Waals surface area contributed by atoms with Crippen LogP contribution in [-0.2, 0) is 65.4 Å². The second-order valence-electron chi connectivity index (χ2n) is 28.4. The van der Waals surface area contributed by atoms with E-state index in [0.29, 0.717) is 31.6 Å². The summed E-state index contributed by atoms with van der Waals surface area (Å²) in [5.41, 5.74) is 0. The molecule has 17 nitrogen and oxygen atoms in total. The SMILES string of the molecule is CCCCCCCCCCCCCC(=O)O[C@H](COC(=O)CCCCCCCCCC(C)C)COP(=O)(O)OC[C@H](O)COP(=O)(O)OC[C@@H](COC(=O)CCCCCCCCCCC(C)CC)OC(=O)CCCCCCCCCCCCCCCCCCCCC(C)CC. The Kier molecular flexibility index (Phi) is 65.2. The molecular weight excluding hydrogens is 1250 g/mol. The van der Waals surface area contributed by atoms with Gasteiger partial charge in [-0.15, -0.1) is 0 Å². The second kappa shape index (κ2) is 66.6. The van der Waals surface area contributed by atoms with Crippen LogP contribution in [-0.4, -0.2) is 96.7 Å². The number of esters is 4.